The second-order valence-electron chi connectivity index (χ2n) is 4.21. The molecule has 0 fully saturated rings. The third-order valence-electron chi connectivity index (χ3n) is 2.65. The van der Waals surface area contributed by atoms with E-state index < -0.39 is 18.4 Å². The van der Waals surface area contributed by atoms with E-state index >= 15 is 0 Å². The smallest absolute Gasteiger partial charge is 0.323 e. The number of carboxylic acids is 1. The van der Waals surface area contributed by atoms with E-state index in [0.717, 1.165) is 4.90 Å². The van der Waals surface area contributed by atoms with Crippen molar-refractivity contribution in [3.05, 3.63) is 47.9 Å². The molecule has 6 heteroatoms. The number of nitrogens with zero attached hydrogens (tertiary/aromatic N) is 1. The largest absolute Gasteiger partial charge is 0.508 e. The average Bonchev–Trinajstić information content (AvgIpc) is 2.83. The highest BCUT2D eigenvalue weighted by molar-refractivity contribution is 6.06. The summed E-state index contributed by atoms with van der Waals surface area (Å²) in [5, 5.41) is 18.2. The number of carbonyl (C=O) groups excluding carboxylic acids is 1. The van der Waals surface area contributed by atoms with Gasteiger partial charge in [-0.05, 0) is 43.3 Å². The fourth-order valence-corrected chi connectivity index (χ4v) is 1.73. The minimum atomic E-state index is -1.14. The summed E-state index contributed by atoms with van der Waals surface area (Å²) in [6.07, 6.45) is 0. The first-order valence-electron chi connectivity index (χ1n) is 5.86. The summed E-state index contributed by atoms with van der Waals surface area (Å²) in [5.74, 6) is -1.03. The van der Waals surface area contributed by atoms with Gasteiger partial charge in [-0.3, -0.25) is 14.5 Å². The molecular formula is C14H13NO5. The Hall–Kier alpha value is -2.76. The Kier molecular flexibility index (Phi) is 3.74. The zero-order chi connectivity index (χ0) is 14.7. The van der Waals surface area contributed by atoms with Crippen molar-refractivity contribution in [2.75, 3.05) is 11.4 Å². The van der Waals surface area contributed by atoms with Crippen LogP contribution >= 0.6 is 0 Å². The van der Waals surface area contributed by atoms with Crippen molar-refractivity contribution in [1.29, 1.82) is 0 Å². The van der Waals surface area contributed by atoms with Crippen LogP contribution in [0, 0.1) is 6.92 Å². The summed E-state index contributed by atoms with van der Waals surface area (Å²) >= 11 is 0. The second kappa shape index (κ2) is 5.48. The van der Waals surface area contributed by atoms with Gasteiger partial charge in [0.1, 0.15) is 18.1 Å². The Morgan fingerprint density at radius 1 is 1.15 bits per heavy atom. The van der Waals surface area contributed by atoms with Crippen molar-refractivity contribution in [2.45, 2.75) is 6.92 Å². The van der Waals surface area contributed by atoms with E-state index in [9.17, 15) is 14.7 Å². The van der Waals surface area contributed by atoms with Crippen LogP contribution in [0.25, 0.3) is 0 Å². The van der Waals surface area contributed by atoms with Crippen LogP contribution < -0.4 is 4.90 Å². The summed E-state index contributed by atoms with van der Waals surface area (Å²) in [4.78, 5) is 24.3. The average molecular weight is 275 g/mol. The van der Waals surface area contributed by atoms with Gasteiger partial charge in [0.25, 0.3) is 5.91 Å². The van der Waals surface area contributed by atoms with Gasteiger partial charge in [-0.1, -0.05) is 0 Å². The van der Waals surface area contributed by atoms with Crippen LogP contribution in [0.5, 0.6) is 5.75 Å². The van der Waals surface area contributed by atoms with Crippen molar-refractivity contribution in [1.82, 2.24) is 0 Å². The van der Waals surface area contributed by atoms with Gasteiger partial charge in [0.2, 0.25) is 0 Å². The number of aliphatic carboxylic acids is 1. The van der Waals surface area contributed by atoms with Crippen molar-refractivity contribution >= 4 is 17.6 Å². The first-order valence-corrected chi connectivity index (χ1v) is 5.86. The first-order chi connectivity index (χ1) is 9.47. The molecule has 0 aliphatic carbocycles. The van der Waals surface area contributed by atoms with Crippen molar-refractivity contribution in [3.8, 4) is 5.75 Å². The van der Waals surface area contributed by atoms with E-state index in [-0.39, 0.29) is 11.5 Å². The quantitative estimate of drug-likeness (QED) is 0.890. The molecule has 2 rings (SSSR count). The number of amides is 1. The van der Waals surface area contributed by atoms with Crippen molar-refractivity contribution in [2.24, 2.45) is 0 Å². The Balaban J connectivity index is 2.34. The van der Waals surface area contributed by atoms with E-state index in [1.165, 1.54) is 30.3 Å². The third kappa shape index (κ3) is 2.97. The molecule has 0 bridgehead atoms. The Morgan fingerprint density at radius 3 is 2.30 bits per heavy atom. The molecule has 0 unspecified atom stereocenters. The Labute approximate surface area is 114 Å². The van der Waals surface area contributed by atoms with Gasteiger partial charge in [0.05, 0.1) is 0 Å². The SMILES string of the molecule is Cc1ccc(C(=O)N(CC(=O)O)c2ccc(O)cc2)o1. The van der Waals surface area contributed by atoms with Gasteiger partial charge < -0.3 is 14.6 Å². The zero-order valence-corrected chi connectivity index (χ0v) is 10.7. The lowest BCUT2D eigenvalue weighted by Crippen LogP contribution is -2.35. The second-order valence-corrected chi connectivity index (χ2v) is 4.21. The number of benzene rings is 1. The molecule has 0 atom stereocenters. The molecule has 6 nitrogen and oxygen atoms in total. The minimum absolute atomic E-state index is 0.0327. The fraction of sp³-hybridized carbons (Fsp3) is 0.143. The number of furan rings is 1. The van der Waals surface area contributed by atoms with Gasteiger partial charge >= 0.3 is 5.97 Å². The number of carboxylic acid groups (broad SMARTS) is 1. The molecule has 1 aromatic heterocycles. The number of phenols is 1. The van der Waals surface area contributed by atoms with Crippen LogP contribution in [-0.4, -0.2) is 28.6 Å². The number of carbonyl (C=O) groups is 2. The van der Waals surface area contributed by atoms with Gasteiger partial charge in [0.15, 0.2) is 5.76 Å². The lowest BCUT2D eigenvalue weighted by atomic mass is 10.2. The normalized spacial score (nSPS) is 10.2. The van der Waals surface area contributed by atoms with Gasteiger partial charge in [-0.15, -0.1) is 0 Å². The summed E-state index contributed by atoms with van der Waals surface area (Å²) in [7, 11) is 0. The van der Waals surface area contributed by atoms with Crippen LogP contribution in [0.3, 0.4) is 0 Å². The molecule has 2 aromatic rings. The Morgan fingerprint density at radius 2 is 1.80 bits per heavy atom. The van der Waals surface area contributed by atoms with E-state index in [2.05, 4.69) is 0 Å². The fourth-order valence-electron chi connectivity index (χ4n) is 1.73. The molecular weight excluding hydrogens is 262 g/mol. The monoisotopic (exact) mass is 275 g/mol. The predicted molar refractivity (Wildman–Crippen MR) is 70.9 cm³/mol. The summed E-state index contributed by atoms with van der Waals surface area (Å²) in [6.45, 7) is 1.20. The minimum Gasteiger partial charge on any atom is -0.508 e. The maximum atomic E-state index is 12.3. The summed E-state index contributed by atoms with van der Waals surface area (Å²) in [6, 6.07) is 8.81. The van der Waals surface area contributed by atoms with Crippen molar-refractivity contribution < 1.29 is 24.2 Å². The molecule has 0 saturated heterocycles. The lowest BCUT2D eigenvalue weighted by molar-refractivity contribution is -0.135. The molecule has 104 valence electrons. The lowest BCUT2D eigenvalue weighted by Gasteiger charge is -2.19. The predicted octanol–water partition coefficient (Wildman–Crippen LogP) is 2.03. The van der Waals surface area contributed by atoms with Gasteiger partial charge in [-0.2, -0.15) is 0 Å². The van der Waals surface area contributed by atoms with E-state index in [4.69, 9.17) is 9.52 Å². The number of aryl methyl sites for hydroxylation is 1. The maximum absolute atomic E-state index is 12.3. The van der Waals surface area contributed by atoms with Gasteiger partial charge in [0, 0.05) is 5.69 Å². The molecule has 1 amide bonds. The number of rotatable bonds is 4. The highest BCUT2D eigenvalue weighted by atomic mass is 16.4. The molecule has 2 N–H and O–H groups in total. The molecule has 1 heterocycles. The topological polar surface area (TPSA) is 91.0 Å². The van der Waals surface area contributed by atoms with Crippen LogP contribution in [0.4, 0.5) is 5.69 Å². The zero-order valence-electron chi connectivity index (χ0n) is 10.7. The highest BCUT2D eigenvalue weighted by Crippen LogP contribution is 2.21. The number of hydrogen-bond donors (Lipinski definition) is 2. The first kappa shape index (κ1) is 13.7. The van der Waals surface area contributed by atoms with E-state index in [1.54, 1.807) is 13.0 Å². The molecule has 0 aliphatic rings. The molecule has 0 spiro atoms. The summed E-state index contributed by atoms with van der Waals surface area (Å²) in [5.41, 5.74) is 0.365. The number of hydrogen-bond acceptors (Lipinski definition) is 4. The molecule has 0 radical (unpaired) electrons. The molecule has 0 saturated carbocycles. The Bertz CT molecular complexity index is 629. The summed E-state index contributed by atoms with van der Waals surface area (Å²) < 4.78 is 5.22. The van der Waals surface area contributed by atoms with Crippen LogP contribution in [0.1, 0.15) is 16.3 Å². The standard InChI is InChI=1S/C14H13NO5/c1-9-2-7-12(20-9)14(19)15(8-13(17)18)10-3-5-11(16)6-4-10/h2-7,16H,8H2,1H3,(H,17,18). The van der Waals surface area contributed by atoms with Crippen molar-refractivity contribution in [3.63, 3.8) is 0 Å². The van der Waals surface area contributed by atoms with Crippen LogP contribution in [-0.2, 0) is 4.79 Å². The highest BCUT2D eigenvalue weighted by Gasteiger charge is 2.22. The number of aromatic hydroxyl groups is 1. The number of phenolic OH excluding ortho intramolecular Hbond substituents is 1. The molecule has 20 heavy (non-hydrogen) atoms. The molecule has 0 aliphatic heterocycles. The van der Waals surface area contributed by atoms with Crippen LogP contribution in [0.15, 0.2) is 40.8 Å². The van der Waals surface area contributed by atoms with E-state index in [1.807, 2.05) is 0 Å². The molecule has 1 aromatic carbocycles. The van der Waals surface area contributed by atoms with Crippen LogP contribution in [0.2, 0.25) is 0 Å². The number of anilines is 1. The van der Waals surface area contributed by atoms with E-state index in [0.29, 0.717) is 11.4 Å². The maximum Gasteiger partial charge on any atom is 0.323 e. The third-order valence-corrected chi connectivity index (χ3v) is 2.65. The van der Waals surface area contributed by atoms with Gasteiger partial charge in [-0.25, -0.2) is 0 Å².